The average Bonchev–Trinajstić information content (AvgIpc) is 2.70. The van der Waals surface area contributed by atoms with Crippen LogP contribution in [0.15, 0.2) is 18.2 Å². The van der Waals surface area contributed by atoms with Gasteiger partial charge in [0.1, 0.15) is 11.6 Å². The van der Waals surface area contributed by atoms with Crippen LogP contribution in [0.2, 0.25) is 0 Å². The molecule has 2 rings (SSSR count). The van der Waals surface area contributed by atoms with E-state index in [4.69, 9.17) is 4.74 Å². The Labute approximate surface area is 101 Å². The predicted molar refractivity (Wildman–Crippen MR) is 67.2 cm³/mol. The second-order valence-corrected chi connectivity index (χ2v) is 4.00. The Morgan fingerprint density at radius 1 is 1.29 bits per heavy atom. The second-order valence-electron chi connectivity index (χ2n) is 4.00. The molecule has 0 N–H and O–H groups in total. The van der Waals surface area contributed by atoms with Crippen LogP contribution in [0.1, 0.15) is 18.3 Å². The molecular formula is C13H17N3O. The van der Waals surface area contributed by atoms with Crippen LogP contribution in [0, 0.1) is 13.8 Å². The largest absolute Gasteiger partial charge is 0.496 e. The van der Waals surface area contributed by atoms with Crippen molar-refractivity contribution in [2.24, 2.45) is 0 Å². The Hall–Kier alpha value is -1.84. The highest BCUT2D eigenvalue weighted by Crippen LogP contribution is 2.29. The van der Waals surface area contributed by atoms with Crippen LogP contribution in [0.25, 0.3) is 11.4 Å². The monoisotopic (exact) mass is 231 g/mol. The maximum atomic E-state index is 5.38. The van der Waals surface area contributed by atoms with Crippen molar-refractivity contribution < 1.29 is 4.74 Å². The van der Waals surface area contributed by atoms with Crippen LogP contribution in [0.3, 0.4) is 0 Å². The van der Waals surface area contributed by atoms with Gasteiger partial charge in [-0.25, -0.2) is 9.67 Å². The molecule has 0 atom stereocenters. The SMILES string of the molecule is CCn1nc(C)nc1-c1cc(C)ccc1OC. The summed E-state index contributed by atoms with van der Waals surface area (Å²) in [7, 11) is 1.67. The third kappa shape index (κ3) is 2.16. The number of methoxy groups -OCH3 is 1. The molecule has 0 saturated heterocycles. The highest BCUT2D eigenvalue weighted by atomic mass is 16.5. The van der Waals surface area contributed by atoms with Gasteiger partial charge in [0.15, 0.2) is 5.82 Å². The molecule has 0 radical (unpaired) electrons. The number of aromatic nitrogens is 3. The Balaban J connectivity index is 2.61. The molecule has 0 fully saturated rings. The first kappa shape index (κ1) is 11.6. The molecule has 4 heteroatoms. The van der Waals surface area contributed by atoms with Crippen LogP contribution in [0.4, 0.5) is 0 Å². The number of hydrogen-bond donors (Lipinski definition) is 0. The maximum absolute atomic E-state index is 5.38. The third-order valence-electron chi connectivity index (χ3n) is 2.67. The molecule has 2 aromatic rings. The van der Waals surface area contributed by atoms with E-state index in [9.17, 15) is 0 Å². The minimum atomic E-state index is 0.783. The van der Waals surface area contributed by atoms with Crippen LogP contribution in [0.5, 0.6) is 5.75 Å². The van der Waals surface area contributed by atoms with Crippen molar-refractivity contribution in [2.45, 2.75) is 27.3 Å². The van der Waals surface area contributed by atoms with Crippen molar-refractivity contribution in [1.82, 2.24) is 14.8 Å². The van der Waals surface area contributed by atoms with Crippen LogP contribution in [-0.2, 0) is 6.54 Å². The van der Waals surface area contributed by atoms with E-state index in [0.717, 1.165) is 29.5 Å². The lowest BCUT2D eigenvalue weighted by Crippen LogP contribution is -2.01. The van der Waals surface area contributed by atoms with Gasteiger partial charge in [0.05, 0.1) is 12.7 Å². The summed E-state index contributed by atoms with van der Waals surface area (Å²) < 4.78 is 7.28. The highest BCUT2D eigenvalue weighted by molar-refractivity contribution is 5.65. The number of nitrogens with zero attached hydrogens (tertiary/aromatic N) is 3. The van der Waals surface area contributed by atoms with Crippen LogP contribution < -0.4 is 4.74 Å². The van der Waals surface area contributed by atoms with E-state index in [1.165, 1.54) is 5.56 Å². The fourth-order valence-corrected chi connectivity index (χ4v) is 1.87. The maximum Gasteiger partial charge on any atom is 0.162 e. The Kier molecular flexibility index (Phi) is 3.13. The van der Waals surface area contributed by atoms with Crippen molar-refractivity contribution in [1.29, 1.82) is 0 Å². The van der Waals surface area contributed by atoms with Crippen LogP contribution in [-0.4, -0.2) is 21.9 Å². The van der Waals surface area contributed by atoms with E-state index in [-0.39, 0.29) is 0 Å². The normalized spacial score (nSPS) is 10.6. The molecule has 0 amide bonds. The summed E-state index contributed by atoms with van der Waals surface area (Å²) >= 11 is 0. The van der Waals surface area contributed by atoms with Crippen molar-refractivity contribution >= 4 is 0 Å². The molecule has 17 heavy (non-hydrogen) atoms. The van der Waals surface area contributed by atoms with Gasteiger partial charge in [-0.05, 0) is 32.9 Å². The molecule has 0 unspecified atom stereocenters. The van der Waals surface area contributed by atoms with Crippen molar-refractivity contribution in [3.05, 3.63) is 29.6 Å². The van der Waals surface area contributed by atoms with Crippen molar-refractivity contribution in [2.75, 3.05) is 7.11 Å². The lowest BCUT2D eigenvalue weighted by molar-refractivity contribution is 0.415. The molecule has 1 heterocycles. The summed E-state index contributed by atoms with van der Waals surface area (Å²) in [6.45, 7) is 6.81. The molecule has 0 saturated carbocycles. The fourth-order valence-electron chi connectivity index (χ4n) is 1.87. The molecule has 0 aliphatic rings. The Morgan fingerprint density at radius 3 is 2.71 bits per heavy atom. The van der Waals surface area contributed by atoms with Crippen LogP contribution >= 0.6 is 0 Å². The number of rotatable bonds is 3. The van der Waals surface area contributed by atoms with E-state index in [1.54, 1.807) is 7.11 Å². The molecule has 0 aliphatic carbocycles. The standard InChI is InChI=1S/C13H17N3O/c1-5-16-13(14-10(3)15-16)11-8-9(2)6-7-12(11)17-4/h6-8H,5H2,1-4H3. The molecule has 0 aliphatic heterocycles. The van der Waals surface area contributed by atoms with E-state index >= 15 is 0 Å². The third-order valence-corrected chi connectivity index (χ3v) is 2.67. The fraction of sp³-hybridized carbons (Fsp3) is 0.385. The van der Waals surface area contributed by atoms with Gasteiger partial charge in [0.2, 0.25) is 0 Å². The zero-order chi connectivity index (χ0) is 12.4. The van der Waals surface area contributed by atoms with Gasteiger partial charge in [0.25, 0.3) is 0 Å². The number of hydrogen-bond acceptors (Lipinski definition) is 3. The van der Waals surface area contributed by atoms with Gasteiger partial charge in [-0.15, -0.1) is 0 Å². The quantitative estimate of drug-likeness (QED) is 0.815. The predicted octanol–water partition coefficient (Wildman–Crippen LogP) is 2.59. The number of benzene rings is 1. The molecule has 1 aromatic carbocycles. The van der Waals surface area contributed by atoms with E-state index in [1.807, 2.05) is 23.7 Å². The Bertz CT molecular complexity index is 531. The second kappa shape index (κ2) is 4.57. The van der Waals surface area contributed by atoms with E-state index in [2.05, 4.69) is 30.0 Å². The zero-order valence-electron chi connectivity index (χ0n) is 10.7. The lowest BCUT2D eigenvalue weighted by Gasteiger charge is -2.09. The molecule has 0 spiro atoms. The minimum absolute atomic E-state index is 0.783. The van der Waals surface area contributed by atoms with Gasteiger partial charge in [-0.1, -0.05) is 11.6 Å². The first-order valence-electron chi connectivity index (χ1n) is 5.72. The molecule has 0 bridgehead atoms. The molecule has 90 valence electrons. The molecule has 1 aromatic heterocycles. The summed E-state index contributed by atoms with van der Waals surface area (Å²) in [4.78, 5) is 4.47. The van der Waals surface area contributed by atoms with Gasteiger partial charge >= 0.3 is 0 Å². The van der Waals surface area contributed by atoms with Gasteiger partial charge in [-0.2, -0.15) is 5.10 Å². The van der Waals surface area contributed by atoms with Gasteiger partial charge < -0.3 is 4.74 Å². The average molecular weight is 231 g/mol. The first-order valence-corrected chi connectivity index (χ1v) is 5.72. The smallest absolute Gasteiger partial charge is 0.162 e. The number of ether oxygens (including phenoxy) is 1. The minimum Gasteiger partial charge on any atom is -0.496 e. The summed E-state index contributed by atoms with van der Waals surface area (Å²) in [5.41, 5.74) is 2.18. The molecular weight excluding hydrogens is 214 g/mol. The molecule has 4 nitrogen and oxygen atoms in total. The van der Waals surface area contributed by atoms with E-state index in [0.29, 0.717) is 0 Å². The van der Waals surface area contributed by atoms with Gasteiger partial charge in [0, 0.05) is 6.54 Å². The summed E-state index contributed by atoms with van der Waals surface area (Å²) in [6, 6.07) is 6.07. The summed E-state index contributed by atoms with van der Waals surface area (Å²) in [5, 5.41) is 4.36. The Morgan fingerprint density at radius 2 is 2.06 bits per heavy atom. The zero-order valence-corrected chi connectivity index (χ0v) is 10.7. The van der Waals surface area contributed by atoms with Crippen molar-refractivity contribution in [3.63, 3.8) is 0 Å². The number of aryl methyl sites for hydroxylation is 3. The summed E-state index contributed by atoms with van der Waals surface area (Å²) in [6.07, 6.45) is 0. The lowest BCUT2D eigenvalue weighted by atomic mass is 10.1. The topological polar surface area (TPSA) is 39.9 Å². The van der Waals surface area contributed by atoms with Crippen molar-refractivity contribution in [3.8, 4) is 17.1 Å². The van der Waals surface area contributed by atoms with E-state index < -0.39 is 0 Å². The highest BCUT2D eigenvalue weighted by Gasteiger charge is 2.13. The first-order chi connectivity index (χ1) is 8.15. The van der Waals surface area contributed by atoms with Gasteiger partial charge in [-0.3, -0.25) is 0 Å². The summed E-state index contributed by atoms with van der Waals surface area (Å²) in [5.74, 6) is 2.48.